The molecule has 0 bridgehead atoms. The number of aryl methyl sites for hydroxylation is 2. The van der Waals surface area contributed by atoms with E-state index in [2.05, 4.69) is 62.4 Å². The van der Waals surface area contributed by atoms with Crippen LogP contribution in [0, 0.1) is 13.8 Å². The molecule has 0 nitrogen and oxygen atoms in total. The van der Waals surface area contributed by atoms with Gasteiger partial charge in [0.2, 0.25) is 0 Å². The zero-order chi connectivity index (χ0) is 19.3. The SMILES string of the molecule is Cc1ccc(-c2ccc(-c3ccc(-c4ccc(-c5sc(Cl)cc5C)s4)s3)s2)s1. The average Bonchev–Trinajstić information content (AvgIpc) is 3.46. The largest absolute Gasteiger partial charge is 0.140 e. The van der Waals surface area contributed by atoms with Gasteiger partial charge in [0.1, 0.15) is 0 Å². The molecule has 0 aromatic carbocycles. The lowest BCUT2D eigenvalue weighted by atomic mass is 10.2. The topological polar surface area (TPSA) is 0 Å². The van der Waals surface area contributed by atoms with Gasteiger partial charge in [-0.1, -0.05) is 11.6 Å². The Labute approximate surface area is 189 Å². The predicted molar refractivity (Wildman–Crippen MR) is 132 cm³/mol. The molecule has 0 N–H and O–H groups in total. The summed E-state index contributed by atoms with van der Waals surface area (Å²) in [7, 11) is 0. The first kappa shape index (κ1) is 18.8. The van der Waals surface area contributed by atoms with E-state index < -0.39 is 0 Å². The van der Waals surface area contributed by atoms with Crippen LogP contribution in [-0.2, 0) is 0 Å². The van der Waals surface area contributed by atoms with Crippen LogP contribution in [0.1, 0.15) is 10.4 Å². The van der Waals surface area contributed by atoms with Gasteiger partial charge in [0, 0.05) is 43.9 Å². The van der Waals surface area contributed by atoms with E-state index in [1.165, 1.54) is 49.5 Å². The maximum Gasteiger partial charge on any atom is 0.0937 e. The molecule has 0 unspecified atom stereocenters. The van der Waals surface area contributed by atoms with Gasteiger partial charge in [0.15, 0.2) is 0 Å². The Balaban J connectivity index is 1.43. The molecule has 0 aliphatic heterocycles. The van der Waals surface area contributed by atoms with Gasteiger partial charge in [-0.15, -0.1) is 56.7 Å². The molecule has 0 radical (unpaired) electrons. The second-order valence-corrected chi connectivity index (χ2v) is 12.7. The molecule has 5 aromatic heterocycles. The summed E-state index contributed by atoms with van der Waals surface area (Å²) < 4.78 is 0.857. The molecular formula is C22H15ClS5. The smallest absolute Gasteiger partial charge is 0.0937 e. The maximum absolute atomic E-state index is 6.19. The molecule has 28 heavy (non-hydrogen) atoms. The highest BCUT2D eigenvalue weighted by Crippen LogP contribution is 2.45. The van der Waals surface area contributed by atoms with Crippen LogP contribution in [0.3, 0.4) is 0 Å². The molecule has 0 spiro atoms. The van der Waals surface area contributed by atoms with Crippen molar-refractivity contribution < 1.29 is 0 Å². The van der Waals surface area contributed by atoms with E-state index in [0.717, 1.165) is 4.34 Å². The number of thiophene rings is 5. The molecule has 140 valence electrons. The minimum Gasteiger partial charge on any atom is -0.140 e. The van der Waals surface area contributed by atoms with E-state index in [1.807, 2.05) is 51.4 Å². The van der Waals surface area contributed by atoms with Crippen molar-refractivity contribution in [3.05, 3.63) is 69.4 Å². The Bertz CT molecular complexity index is 1260. The second kappa shape index (κ2) is 7.56. The average molecular weight is 475 g/mol. The van der Waals surface area contributed by atoms with E-state index >= 15 is 0 Å². The van der Waals surface area contributed by atoms with Crippen LogP contribution < -0.4 is 0 Å². The second-order valence-electron chi connectivity index (χ2n) is 6.46. The lowest BCUT2D eigenvalue weighted by Gasteiger charge is -1.94. The zero-order valence-electron chi connectivity index (χ0n) is 15.1. The fraction of sp³-hybridized carbons (Fsp3) is 0.0909. The first-order valence-electron chi connectivity index (χ1n) is 8.70. The number of rotatable bonds is 4. The summed E-state index contributed by atoms with van der Waals surface area (Å²) in [5, 5.41) is 0. The van der Waals surface area contributed by atoms with Crippen LogP contribution in [0.25, 0.3) is 39.0 Å². The summed E-state index contributed by atoms with van der Waals surface area (Å²) in [6.07, 6.45) is 0. The van der Waals surface area contributed by atoms with Gasteiger partial charge in [-0.05, 0) is 74.0 Å². The molecular weight excluding hydrogens is 460 g/mol. The number of hydrogen-bond donors (Lipinski definition) is 0. The Kier molecular flexibility index (Phi) is 5.07. The van der Waals surface area contributed by atoms with E-state index in [0.29, 0.717) is 0 Å². The standard InChI is InChI=1S/C22H15ClS5/c1-12-11-21(23)28-22(12)20-10-9-19(27-20)18-8-7-17(26-18)16-6-5-15(25-16)14-4-3-13(2)24-14/h3-11H,1-2H3. The van der Waals surface area contributed by atoms with Gasteiger partial charge < -0.3 is 0 Å². The monoisotopic (exact) mass is 474 g/mol. The van der Waals surface area contributed by atoms with Gasteiger partial charge in [0.25, 0.3) is 0 Å². The molecule has 0 aliphatic carbocycles. The normalized spacial score (nSPS) is 11.4. The molecule has 0 amide bonds. The van der Waals surface area contributed by atoms with E-state index in [-0.39, 0.29) is 0 Å². The quantitative estimate of drug-likeness (QED) is 0.243. The van der Waals surface area contributed by atoms with Crippen molar-refractivity contribution in [1.82, 2.24) is 0 Å². The molecule has 5 rings (SSSR count). The maximum atomic E-state index is 6.19. The highest BCUT2D eigenvalue weighted by atomic mass is 35.5. The Morgan fingerprint density at radius 1 is 0.536 bits per heavy atom. The van der Waals surface area contributed by atoms with Crippen molar-refractivity contribution in [3.63, 3.8) is 0 Å². The van der Waals surface area contributed by atoms with E-state index in [4.69, 9.17) is 11.6 Å². The van der Waals surface area contributed by atoms with Crippen LogP contribution in [0.2, 0.25) is 4.34 Å². The van der Waals surface area contributed by atoms with Crippen molar-refractivity contribution in [2.24, 2.45) is 0 Å². The fourth-order valence-electron chi connectivity index (χ4n) is 3.05. The summed E-state index contributed by atoms with van der Waals surface area (Å²) in [6, 6.07) is 19.9. The van der Waals surface area contributed by atoms with Gasteiger partial charge in [-0.2, -0.15) is 0 Å². The first-order chi connectivity index (χ1) is 13.6. The fourth-order valence-corrected chi connectivity index (χ4v) is 8.68. The minimum atomic E-state index is 0.857. The van der Waals surface area contributed by atoms with E-state index in [1.54, 1.807) is 11.3 Å². The van der Waals surface area contributed by atoms with Crippen molar-refractivity contribution >= 4 is 68.3 Å². The number of halogens is 1. The molecule has 0 saturated heterocycles. The van der Waals surface area contributed by atoms with Crippen LogP contribution in [0.4, 0.5) is 0 Å². The minimum absolute atomic E-state index is 0.857. The first-order valence-corrected chi connectivity index (χ1v) is 13.2. The van der Waals surface area contributed by atoms with E-state index in [9.17, 15) is 0 Å². The van der Waals surface area contributed by atoms with Crippen LogP contribution >= 0.6 is 68.3 Å². The zero-order valence-corrected chi connectivity index (χ0v) is 20.0. The van der Waals surface area contributed by atoms with Gasteiger partial charge in [-0.25, -0.2) is 0 Å². The van der Waals surface area contributed by atoms with Gasteiger partial charge in [-0.3, -0.25) is 0 Å². The van der Waals surface area contributed by atoms with Gasteiger partial charge in [0.05, 0.1) is 4.34 Å². The molecule has 5 heterocycles. The summed E-state index contributed by atoms with van der Waals surface area (Å²) in [6.45, 7) is 4.29. The summed E-state index contributed by atoms with van der Waals surface area (Å²) in [5.41, 5.74) is 1.25. The molecule has 0 saturated carbocycles. The molecule has 5 aromatic rings. The molecule has 0 atom stereocenters. The summed E-state index contributed by atoms with van der Waals surface area (Å²) >= 11 is 15.3. The lowest BCUT2D eigenvalue weighted by molar-refractivity contribution is 1.56. The highest BCUT2D eigenvalue weighted by molar-refractivity contribution is 7.30. The Hall–Kier alpha value is -1.21. The van der Waals surface area contributed by atoms with Crippen molar-refractivity contribution in [2.75, 3.05) is 0 Å². The lowest BCUT2D eigenvalue weighted by Crippen LogP contribution is -1.66. The molecule has 6 heteroatoms. The van der Waals surface area contributed by atoms with Crippen LogP contribution in [0.15, 0.2) is 54.6 Å². The summed E-state index contributed by atoms with van der Waals surface area (Å²) in [4.78, 5) is 12.0. The third-order valence-corrected chi connectivity index (χ3v) is 10.8. The third kappa shape index (κ3) is 3.56. The third-order valence-electron chi connectivity index (χ3n) is 4.40. The van der Waals surface area contributed by atoms with Crippen LogP contribution in [-0.4, -0.2) is 0 Å². The Morgan fingerprint density at radius 3 is 1.39 bits per heavy atom. The predicted octanol–water partition coefficient (Wildman–Crippen LogP) is 9.93. The Morgan fingerprint density at radius 2 is 0.964 bits per heavy atom. The van der Waals surface area contributed by atoms with Crippen molar-refractivity contribution in [2.45, 2.75) is 13.8 Å². The van der Waals surface area contributed by atoms with Crippen LogP contribution in [0.5, 0.6) is 0 Å². The van der Waals surface area contributed by atoms with Gasteiger partial charge >= 0.3 is 0 Å². The highest BCUT2D eigenvalue weighted by Gasteiger charge is 2.13. The summed E-state index contributed by atoms with van der Waals surface area (Å²) in [5.74, 6) is 0. The van der Waals surface area contributed by atoms with Crippen molar-refractivity contribution in [3.8, 4) is 39.0 Å². The van der Waals surface area contributed by atoms with Crippen molar-refractivity contribution in [1.29, 1.82) is 0 Å². The number of hydrogen-bond acceptors (Lipinski definition) is 5. The molecule has 0 fully saturated rings. The molecule has 0 aliphatic rings.